The lowest BCUT2D eigenvalue weighted by atomic mass is 10.1. The summed E-state index contributed by atoms with van der Waals surface area (Å²) in [6.45, 7) is 3.18. The number of rotatable bonds is 7. The van der Waals surface area contributed by atoms with Crippen molar-refractivity contribution in [2.75, 3.05) is 7.11 Å². The number of nitrogens with zero attached hydrogens (tertiary/aromatic N) is 2. The van der Waals surface area contributed by atoms with Crippen LogP contribution in [0, 0.1) is 6.92 Å². The summed E-state index contributed by atoms with van der Waals surface area (Å²) in [5.41, 5.74) is 5.39. The van der Waals surface area contributed by atoms with Crippen LogP contribution in [0.2, 0.25) is 0 Å². The molecule has 3 aromatic carbocycles. The molecule has 4 rings (SSSR count). The molecule has 4 aromatic rings. The van der Waals surface area contributed by atoms with Crippen LogP contribution in [-0.4, -0.2) is 22.6 Å². The first kappa shape index (κ1) is 19.7. The van der Waals surface area contributed by atoms with Crippen molar-refractivity contribution < 1.29 is 9.53 Å². The van der Waals surface area contributed by atoms with Gasteiger partial charge >= 0.3 is 0 Å². The molecular formula is C25H25N3O2. The van der Waals surface area contributed by atoms with Crippen LogP contribution in [0.25, 0.3) is 11.0 Å². The molecule has 0 unspecified atom stereocenters. The maximum absolute atomic E-state index is 12.5. The van der Waals surface area contributed by atoms with Crippen LogP contribution in [0.4, 0.5) is 0 Å². The fraction of sp³-hybridized carbons (Fsp3) is 0.200. The first-order chi connectivity index (χ1) is 14.6. The maximum atomic E-state index is 12.5. The number of amides is 1. The summed E-state index contributed by atoms with van der Waals surface area (Å²) in [5.74, 6) is 1.60. The molecule has 0 atom stereocenters. The van der Waals surface area contributed by atoms with Crippen molar-refractivity contribution in [1.29, 1.82) is 0 Å². The van der Waals surface area contributed by atoms with E-state index in [1.165, 1.54) is 11.1 Å². The average molecular weight is 399 g/mol. The van der Waals surface area contributed by atoms with Crippen LogP contribution in [-0.2, 0) is 24.3 Å². The SMILES string of the molecule is COc1ccc(CC(=O)NCc2nc3ccccc3n2Cc2ccc(C)cc2)cc1. The van der Waals surface area contributed by atoms with Gasteiger partial charge in [0.05, 0.1) is 31.1 Å². The van der Waals surface area contributed by atoms with Crippen LogP contribution in [0.5, 0.6) is 5.75 Å². The van der Waals surface area contributed by atoms with Gasteiger partial charge in [0.2, 0.25) is 5.91 Å². The highest BCUT2D eigenvalue weighted by Crippen LogP contribution is 2.18. The zero-order chi connectivity index (χ0) is 20.9. The van der Waals surface area contributed by atoms with Gasteiger partial charge in [-0.3, -0.25) is 4.79 Å². The minimum Gasteiger partial charge on any atom is -0.497 e. The number of methoxy groups -OCH3 is 1. The van der Waals surface area contributed by atoms with Crippen LogP contribution >= 0.6 is 0 Å². The molecule has 0 radical (unpaired) electrons. The number of carbonyl (C=O) groups is 1. The number of nitrogens with one attached hydrogen (secondary N) is 1. The normalized spacial score (nSPS) is 10.9. The number of hydrogen-bond acceptors (Lipinski definition) is 3. The Bertz CT molecular complexity index is 1150. The fourth-order valence-electron chi connectivity index (χ4n) is 3.48. The Hall–Kier alpha value is -3.60. The summed E-state index contributed by atoms with van der Waals surface area (Å²) < 4.78 is 7.34. The molecule has 152 valence electrons. The van der Waals surface area contributed by atoms with Gasteiger partial charge in [-0.25, -0.2) is 4.98 Å². The molecular weight excluding hydrogens is 374 g/mol. The predicted octanol–water partition coefficient (Wildman–Crippen LogP) is 4.26. The molecule has 5 heteroatoms. The molecule has 1 N–H and O–H groups in total. The van der Waals surface area contributed by atoms with E-state index in [0.29, 0.717) is 19.5 Å². The van der Waals surface area contributed by atoms with Gasteiger partial charge in [0.15, 0.2) is 0 Å². The number of para-hydroxylation sites is 2. The van der Waals surface area contributed by atoms with Gasteiger partial charge in [0, 0.05) is 6.54 Å². The molecule has 1 heterocycles. The van der Waals surface area contributed by atoms with Gasteiger partial charge in [-0.1, -0.05) is 54.1 Å². The Morgan fingerprint density at radius 2 is 1.67 bits per heavy atom. The zero-order valence-electron chi connectivity index (χ0n) is 17.3. The number of aromatic nitrogens is 2. The number of benzene rings is 3. The standard InChI is InChI=1S/C25H25N3O2/c1-18-7-9-20(10-8-18)17-28-23-6-4-3-5-22(23)27-24(28)16-26-25(29)15-19-11-13-21(30-2)14-12-19/h3-14H,15-17H2,1-2H3,(H,26,29). The number of imidazole rings is 1. The topological polar surface area (TPSA) is 56.1 Å². The van der Waals surface area contributed by atoms with Crippen LogP contribution in [0.15, 0.2) is 72.8 Å². The lowest BCUT2D eigenvalue weighted by Gasteiger charge is -2.11. The summed E-state index contributed by atoms with van der Waals surface area (Å²) in [7, 11) is 1.63. The minimum atomic E-state index is -0.0332. The van der Waals surface area contributed by atoms with Crippen molar-refractivity contribution in [3.05, 3.63) is 95.3 Å². The van der Waals surface area contributed by atoms with Crippen molar-refractivity contribution >= 4 is 16.9 Å². The summed E-state index contributed by atoms with van der Waals surface area (Å²) in [4.78, 5) is 17.2. The summed E-state index contributed by atoms with van der Waals surface area (Å²) in [5, 5.41) is 3.02. The lowest BCUT2D eigenvalue weighted by molar-refractivity contribution is -0.120. The molecule has 30 heavy (non-hydrogen) atoms. The van der Waals surface area contributed by atoms with Crippen molar-refractivity contribution in [2.45, 2.75) is 26.4 Å². The van der Waals surface area contributed by atoms with Crippen molar-refractivity contribution in [3.63, 3.8) is 0 Å². The van der Waals surface area contributed by atoms with E-state index in [1.807, 2.05) is 42.5 Å². The summed E-state index contributed by atoms with van der Waals surface area (Å²) in [6.07, 6.45) is 0.322. The van der Waals surface area contributed by atoms with Crippen LogP contribution in [0.3, 0.4) is 0 Å². The first-order valence-corrected chi connectivity index (χ1v) is 10.0. The van der Waals surface area contributed by atoms with Crippen molar-refractivity contribution in [2.24, 2.45) is 0 Å². The van der Waals surface area contributed by atoms with Crippen LogP contribution < -0.4 is 10.1 Å². The Labute approximate surface area is 176 Å². The molecule has 0 aliphatic rings. The third-order valence-electron chi connectivity index (χ3n) is 5.16. The van der Waals surface area contributed by atoms with Gasteiger partial charge in [-0.2, -0.15) is 0 Å². The quantitative estimate of drug-likeness (QED) is 0.505. The van der Waals surface area contributed by atoms with E-state index in [0.717, 1.165) is 28.2 Å². The van der Waals surface area contributed by atoms with Crippen molar-refractivity contribution in [1.82, 2.24) is 14.9 Å². The Morgan fingerprint density at radius 3 is 2.40 bits per heavy atom. The molecule has 0 aliphatic carbocycles. The van der Waals surface area contributed by atoms with E-state index in [1.54, 1.807) is 7.11 Å². The van der Waals surface area contributed by atoms with Gasteiger partial charge in [0.25, 0.3) is 0 Å². The van der Waals surface area contributed by atoms with E-state index in [-0.39, 0.29) is 5.91 Å². The second-order valence-corrected chi connectivity index (χ2v) is 7.39. The highest BCUT2D eigenvalue weighted by atomic mass is 16.5. The van der Waals surface area contributed by atoms with Crippen LogP contribution in [0.1, 0.15) is 22.5 Å². The Balaban J connectivity index is 1.50. The molecule has 0 fully saturated rings. The number of hydrogen-bond donors (Lipinski definition) is 1. The smallest absolute Gasteiger partial charge is 0.224 e. The van der Waals surface area contributed by atoms with E-state index in [9.17, 15) is 4.79 Å². The molecule has 1 amide bonds. The number of carbonyl (C=O) groups excluding carboxylic acids is 1. The van der Waals surface area contributed by atoms with Gasteiger partial charge in [0.1, 0.15) is 11.6 Å². The Morgan fingerprint density at radius 1 is 0.967 bits per heavy atom. The highest BCUT2D eigenvalue weighted by molar-refractivity contribution is 5.79. The van der Waals surface area contributed by atoms with E-state index in [4.69, 9.17) is 9.72 Å². The third kappa shape index (κ3) is 4.51. The van der Waals surface area contributed by atoms with E-state index in [2.05, 4.69) is 47.1 Å². The first-order valence-electron chi connectivity index (χ1n) is 10.0. The largest absolute Gasteiger partial charge is 0.497 e. The summed E-state index contributed by atoms with van der Waals surface area (Å²) >= 11 is 0. The number of aryl methyl sites for hydroxylation is 1. The summed E-state index contributed by atoms with van der Waals surface area (Å²) in [6, 6.07) is 24.1. The second-order valence-electron chi connectivity index (χ2n) is 7.39. The molecule has 0 bridgehead atoms. The molecule has 0 saturated carbocycles. The van der Waals surface area contributed by atoms with E-state index >= 15 is 0 Å². The maximum Gasteiger partial charge on any atom is 0.224 e. The van der Waals surface area contributed by atoms with Gasteiger partial charge < -0.3 is 14.6 Å². The molecule has 0 aliphatic heterocycles. The molecule has 0 saturated heterocycles. The van der Waals surface area contributed by atoms with Crippen molar-refractivity contribution in [3.8, 4) is 5.75 Å². The number of ether oxygens (including phenoxy) is 1. The lowest BCUT2D eigenvalue weighted by Crippen LogP contribution is -2.26. The number of fused-ring (bicyclic) bond motifs is 1. The second kappa shape index (κ2) is 8.82. The minimum absolute atomic E-state index is 0.0332. The monoisotopic (exact) mass is 399 g/mol. The zero-order valence-corrected chi connectivity index (χ0v) is 17.3. The molecule has 5 nitrogen and oxygen atoms in total. The third-order valence-corrected chi connectivity index (χ3v) is 5.16. The van der Waals surface area contributed by atoms with Gasteiger partial charge in [-0.15, -0.1) is 0 Å². The fourth-order valence-corrected chi connectivity index (χ4v) is 3.48. The highest BCUT2D eigenvalue weighted by Gasteiger charge is 2.12. The Kier molecular flexibility index (Phi) is 5.80. The average Bonchev–Trinajstić information content (AvgIpc) is 3.12. The van der Waals surface area contributed by atoms with E-state index < -0.39 is 0 Å². The molecule has 1 aromatic heterocycles. The predicted molar refractivity (Wildman–Crippen MR) is 119 cm³/mol. The molecule has 0 spiro atoms. The van der Waals surface area contributed by atoms with Gasteiger partial charge in [-0.05, 0) is 42.3 Å².